The van der Waals surface area contributed by atoms with Crippen molar-refractivity contribution in [2.24, 2.45) is 4.99 Å². The average Bonchev–Trinajstić information content (AvgIpc) is 3.23. The van der Waals surface area contributed by atoms with Crippen LogP contribution in [0.1, 0.15) is 43.4 Å². The number of hydrogen-bond donors (Lipinski definition) is 2. The van der Waals surface area contributed by atoms with Crippen LogP contribution < -0.4 is 20.1 Å². The lowest BCUT2D eigenvalue weighted by atomic mass is 10.1. The van der Waals surface area contributed by atoms with Gasteiger partial charge in [0, 0.05) is 44.4 Å². The monoisotopic (exact) mass is 437 g/mol. The normalized spacial score (nSPS) is 11.3. The fourth-order valence-corrected chi connectivity index (χ4v) is 3.22. The highest BCUT2D eigenvalue weighted by molar-refractivity contribution is 5.79. The second kappa shape index (κ2) is 11.7. The number of nitrogens with one attached hydrogen (secondary N) is 2. The molecular weight excluding hydrogens is 406 g/mol. The van der Waals surface area contributed by atoms with Crippen molar-refractivity contribution in [3.8, 4) is 17.4 Å². The number of guanidine groups is 1. The third-order valence-corrected chi connectivity index (χ3v) is 4.88. The molecule has 3 aromatic rings. The Bertz CT molecular complexity index is 993. The van der Waals surface area contributed by atoms with E-state index in [1.807, 2.05) is 43.3 Å². The second-order valence-corrected chi connectivity index (χ2v) is 7.03. The topological polar surface area (TPSA) is 93.8 Å². The summed E-state index contributed by atoms with van der Waals surface area (Å²) in [5.74, 6) is 3.65. The van der Waals surface area contributed by atoms with Gasteiger partial charge in [0.1, 0.15) is 17.3 Å². The zero-order valence-corrected chi connectivity index (χ0v) is 19.1. The summed E-state index contributed by atoms with van der Waals surface area (Å²) in [6, 6.07) is 11.3. The molecule has 0 unspecified atom stereocenters. The minimum Gasteiger partial charge on any atom is -0.494 e. The highest BCUT2D eigenvalue weighted by atomic mass is 16.5. The molecule has 8 nitrogen and oxygen atoms in total. The molecule has 2 heterocycles. The van der Waals surface area contributed by atoms with E-state index in [1.54, 1.807) is 13.2 Å². The van der Waals surface area contributed by atoms with Gasteiger partial charge in [-0.2, -0.15) is 0 Å². The van der Waals surface area contributed by atoms with Crippen molar-refractivity contribution in [2.45, 2.75) is 46.7 Å². The van der Waals surface area contributed by atoms with Crippen molar-refractivity contribution in [1.82, 2.24) is 20.8 Å². The van der Waals surface area contributed by atoms with Crippen molar-refractivity contribution in [2.75, 3.05) is 13.7 Å². The first kappa shape index (κ1) is 23.1. The maximum Gasteiger partial charge on any atom is 0.219 e. The average molecular weight is 438 g/mol. The molecule has 0 bridgehead atoms. The number of aryl methyl sites for hydroxylation is 2. The van der Waals surface area contributed by atoms with E-state index < -0.39 is 0 Å². The number of rotatable bonds is 10. The number of benzene rings is 1. The van der Waals surface area contributed by atoms with E-state index in [2.05, 4.69) is 39.6 Å². The van der Waals surface area contributed by atoms with E-state index >= 15 is 0 Å². The minimum absolute atomic E-state index is 0.529. The van der Waals surface area contributed by atoms with Crippen LogP contribution in [0, 0.1) is 0 Å². The van der Waals surface area contributed by atoms with Gasteiger partial charge in [-0.15, -0.1) is 0 Å². The van der Waals surface area contributed by atoms with Gasteiger partial charge in [-0.25, -0.2) is 4.98 Å². The standard InChI is InChI=1S/C24H31N5O3/c1-5-21-20(22(6-2)32-29-21)16-28-24(25-4)27-15-17-12-13-26-23(14-17)31-19-10-8-18(9-11-19)30-7-3/h8-14H,5-7,15-16H2,1-4H3,(H2,25,27,28). The largest absolute Gasteiger partial charge is 0.494 e. The zero-order chi connectivity index (χ0) is 22.8. The number of pyridine rings is 1. The summed E-state index contributed by atoms with van der Waals surface area (Å²) in [6.07, 6.45) is 3.38. The molecular formula is C24H31N5O3. The van der Waals surface area contributed by atoms with E-state index in [1.165, 1.54) is 0 Å². The highest BCUT2D eigenvalue weighted by Crippen LogP contribution is 2.23. The van der Waals surface area contributed by atoms with Crippen molar-refractivity contribution >= 4 is 5.96 Å². The quantitative estimate of drug-likeness (QED) is 0.362. The van der Waals surface area contributed by atoms with Gasteiger partial charge in [-0.1, -0.05) is 19.0 Å². The smallest absolute Gasteiger partial charge is 0.219 e. The van der Waals surface area contributed by atoms with Gasteiger partial charge in [0.25, 0.3) is 0 Å². The van der Waals surface area contributed by atoms with Crippen LogP contribution >= 0.6 is 0 Å². The fraction of sp³-hybridized carbons (Fsp3) is 0.375. The summed E-state index contributed by atoms with van der Waals surface area (Å²) >= 11 is 0. The van der Waals surface area contributed by atoms with Crippen molar-refractivity contribution in [3.63, 3.8) is 0 Å². The predicted molar refractivity (Wildman–Crippen MR) is 124 cm³/mol. The summed E-state index contributed by atoms with van der Waals surface area (Å²) in [5, 5.41) is 10.8. The van der Waals surface area contributed by atoms with E-state index in [-0.39, 0.29) is 0 Å². The first-order chi connectivity index (χ1) is 15.7. The van der Waals surface area contributed by atoms with Crippen LogP contribution in [0.25, 0.3) is 0 Å². The van der Waals surface area contributed by atoms with Crippen LogP contribution in [0.5, 0.6) is 17.4 Å². The lowest BCUT2D eigenvalue weighted by Gasteiger charge is -2.13. The van der Waals surface area contributed by atoms with Crippen LogP contribution in [-0.4, -0.2) is 29.8 Å². The number of aromatic nitrogens is 2. The fourth-order valence-electron chi connectivity index (χ4n) is 3.22. The molecule has 8 heteroatoms. The molecule has 1 aromatic carbocycles. The third kappa shape index (κ3) is 6.23. The molecule has 0 fully saturated rings. The van der Waals surface area contributed by atoms with Crippen LogP contribution in [-0.2, 0) is 25.9 Å². The molecule has 32 heavy (non-hydrogen) atoms. The Labute approximate surface area is 189 Å². The number of aliphatic imine (C=N–C) groups is 1. The van der Waals surface area contributed by atoms with Gasteiger partial charge >= 0.3 is 0 Å². The second-order valence-electron chi connectivity index (χ2n) is 7.03. The summed E-state index contributed by atoms with van der Waals surface area (Å²) in [4.78, 5) is 8.62. The van der Waals surface area contributed by atoms with E-state index in [4.69, 9.17) is 14.0 Å². The molecule has 0 aliphatic heterocycles. The molecule has 3 rings (SSSR count). The van der Waals surface area contributed by atoms with Gasteiger partial charge < -0.3 is 24.6 Å². The Morgan fingerprint density at radius 3 is 2.44 bits per heavy atom. The van der Waals surface area contributed by atoms with E-state index in [0.29, 0.717) is 37.3 Å². The Hall–Kier alpha value is -3.55. The third-order valence-electron chi connectivity index (χ3n) is 4.88. The maximum absolute atomic E-state index is 5.88. The molecule has 0 amide bonds. The van der Waals surface area contributed by atoms with Crippen LogP contribution in [0.15, 0.2) is 52.1 Å². The zero-order valence-electron chi connectivity index (χ0n) is 19.1. The summed E-state index contributed by atoms with van der Waals surface area (Å²) in [5.41, 5.74) is 3.11. The van der Waals surface area contributed by atoms with Gasteiger partial charge in [-0.05, 0) is 49.2 Å². The van der Waals surface area contributed by atoms with Crippen LogP contribution in [0.2, 0.25) is 0 Å². The van der Waals surface area contributed by atoms with Crippen molar-refractivity contribution in [1.29, 1.82) is 0 Å². The summed E-state index contributed by atoms with van der Waals surface area (Å²) < 4.78 is 16.8. The SMILES string of the molecule is CCOc1ccc(Oc2cc(CNC(=NC)NCc3c(CC)noc3CC)ccn2)cc1. The first-order valence-electron chi connectivity index (χ1n) is 10.9. The summed E-state index contributed by atoms with van der Waals surface area (Å²) in [6.45, 7) is 7.91. The van der Waals surface area contributed by atoms with Gasteiger partial charge in [0.05, 0.1) is 12.3 Å². The molecule has 0 aliphatic carbocycles. The molecule has 0 spiro atoms. The molecule has 0 saturated carbocycles. The molecule has 0 aliphatic rings. The molecule has 0 atom stereocenters. The molecule has 2 aromatic heterocycles. The minimum atomic E-state index is 0.529. The molecule has 2 N–H and O–H groups in total. The number of nitrogens with zero attached hydrogens (tertiary/aromatic N) is 3. The van der Waals surface area contributed by atoms with Crippen LogP contribution in [0.3, 0.4) is 0 Å². The summed E-state index contributed by atoms with van der Waals surface area (Å²) in [7, 11) is 1.75. The Kier molecular flexibility index (Phi) is 8.48. The molecule has 170 valence electrons. The molecule has 0 saturated heterocycles. The molecule has 0 radical (unpaired) electrons. The van der Waals surface area contributed by atoms with Gasteiger partial charge in [-0.3, -0.25) is 4.99 Å². The lowest BCUT2D eigenvalue weighted by Crippen LogP contribution is -2.36. The Morgan fingerprint density at radius 1 is 1.00 bits per heavy atom. The van der Waals surface area contributed by atoms with Crippen molar-refractivity contribution in [3.05, 3.63) is 65.2 Å². The Balaban J connectivity index is 1.56. The lowest BCUT2D eigenvalue weighted by molar-refractivity contribution is 0.339. The maximum atomic E-state index is 5.88. The van der Waals surface area contributed by atoms with Crippen LogP contribution in [0.4, 0.5) is 0 Å². The first-order valence-corrected chi connectivity index (χ1v) is 10.9. The van der Waals surface area contributed by atoms with Gasteiger partial charge in [0.15, 0.2) is 5.96 Å². The van der Waals surface area contributed by atoms with E-state index in [0.717, 1.165) is 41.2 Å². The Morgan fingerprint density at radius 2 is 1.75 bits per heavy atom. The number of hydrogen-bond acceptors (Lipinski definition) is 6. The number of ether oxygens (including phenoxy) is 2. The predicted octanol–water partition coefficient (Wildman–Crippen LogP) is 4.25. The van der Waals surface area contributed by atoms with E-state index in [9.17, 15) is 0 Å². The van der Waals surface area contributed by atoms with Crippen molar-refractivity contribution < 1.29 is 14.0 Å². The van der Waals surface area contributed by atoms with Gasteiger partial charge in [0.2, 0.25) is 5.88 Å². The highest BCUT2D eigenvalue weighted by Gasteiger charge is 2.13.